The summed E-state index contributed by atoms with van der Waals surface area (Å²) in [5.74, 6) is 2.90. The Hall–Kier alpha value is -1.51. The Morgan fingerprint density at radius 1 is 1.12 bits per heavy atom. The van der Waals surface area contributed by atoms with E-state index >= 15 is 0 Å². The van der Waals surface area contributed by atoms with Crippen LogP contribution in [0.25, 0.3) is 0 Å². The Balaban J connectivity index is 1.77. The minimum absolute atomic E-state index is 0.165. The van der Waals surface area contributed by atoms with E-state index in [0.717, 1.165) is 36.8 Å². The Morgan fingerprint density at radius 2 is 1.75 bits per heavy atom. The van der Waals surface area contributed by atoms with Gasteiger partial charge in [0.2, 0.25) is 5.91 Å². The molecule has 134 valence electrons. The summed E-state index contributed by atoms with van der Waals surface area (Å²) in [6.45, 7) is 9.35. The van der Waals surface area contributed by atoms with E-state index in [0.29, 0.717) is 6.61 Å². The summed E-state index contributed by atoms with van der Waals surface area (Å²) in [6, 6.07) is 8.34. The normalized spacial score (nSPS) is 22.2. The fourth-order valence-corrected chi connectivity index (χ4v) is 3.70. The number of hydrogen-bond acceptors (Lipinski definition) is 2. The van der Waals surface area contributed by atoms with Crippen LogP contribution < -0.4 is 10.1 Å². The third kappa shape index (κ3) is 5.54. The van der Waals surface area contributed by atoms with E-state index in [1.165, 1.54) is 18.4 Å². The van der Waals surface area contributed by atoms with Gasteiger partial charge in [-0.2, -0.15) is 0 Å². The van der Waals surface area contributed by atoms with Gasteiger partial charge in [-0.1, -0.05) is 26.0 Å². The van der Waals surface area contributed by atoms with Crippen molar-refractivity contribution in [2.75, 3.05) is 6.61 Å². The molecule has 1 saturated carbocycles. The lowest BCUT2D eigenvalue weighted by Gasteiger charge is -2.30. The van der Waals surface area contributed by atoms with Gasteiger partial charge in [-0.3, -0.25) is 4.79 Å². The summed E-state index contributed by atoms with van der Waals surface area (Å²) in [5.41, 5.74) is 1.23. The van der Waals surface area contributed by atoms with Crippen LogP contribution in [-0.2, 0) is 11.2 Å². The van der Waals surface area contributed by atoms with E-state index in [1.54, 1.807) is 0 Å². The molecule has 1 aliphatic carbocycles. The first-order valence-electron chi connectivity index (χ1n) is 9.51. The van der Waals surface area contributed by atoms with Crippen molar-refractivity contribution in [2.24, 2.45) is 17.8 Å². The Labute approximate surface area is 147 Å². The molecule has 3 heteroatoms. The number of amides is 1. The van der Waals surface area contributed by atoms with E-state index in [1.807, 2.05) is 19.1 Å². The topological polar surface area (TPSA) is 38.3 Å². The maximum absolute atomic E-state index is 12.5. The summed E-state index contributed by atoms with van der Waals surface area (Å²) < 4.78 is 5.47. The smallest absolute Gasteiger partial charge is 0.223 e. The first kappa shape index (κ1) is 18.8. The minimum Gasteiger partial charge on any atom is -0.494 e. The Bertz CT molecular complexity index is 501. The molecule has 0 heterocycles. The zero-order valence-corrected chi connectivity index (χ0v) is 15.7. The molecular formula is C21H33NO2. The van der Waals surface area contributed by atoms with Crippen molar-refractivity contribution in [3.8, 4) is 5.75 Å². The van der Waals surface area contributed by atoms with Crippen LogP contribution in [-0.4, -0.2) is 18.6 Å². The molecule has 0 radical (unpaired) electrons. The maximum Gasteiger partial charge on any atom is 0.223 e. The monoisotopic (exact) mass is 331 g/mol. The van der Waals surface area contributed by atoms with Gasteiger partial charge in [0.25, 0.3) is 0 Å². The molecule has 1 aromatic rings. The molecule has 1 N–H and O–H groups in total. The van der Waals surface area contributed by atoms with Crippen LogP contribution in [0, 0.1) is 17.8 Å². The maximum atomic E-state index is 12.5. The van der Waals surface area contributed by atoms with Crippen molar-refractivity contribution in [2.45, 2.75) is 65.8 Å². The molecule has 0 saturated heterocycles. The summed E-state index contributed by atoms with van der Waals surface area (Å²) in [4.78, 5) is 12.5. The molecular weight excluding hydrogens is 298 g/mol. The van der Waals surface area contributed by atoms with Crippen molar-refractivity contribution in [3.63, 3.8) is 0 Å². The molecule has 24 heavy (non-hydrogen) atoms. The van der Waals surface area contributed by atoms with E-state index in [-0.39, 0.29) is 17.9 Å². The number of carbonyl (C=O) groups excluding carboxylic acids is 1. The third-order valence-electron chi connectivity index (χ3n) is 5.25. The van der Waals surface area contributed by atoms with Gasteiger partial charge >= 0.3 is 0 Å². The van der Waals surface area contributed by atoms with E-state index in [4.69, 9.17) is 4.74 Å². The highest BCUT2D eigenvalue weighted by molar-refractivity contribution is 5.79. The summed E-state index contributed by atoms with van der Waals surface area (Å²) >= 11 is 0. The van der Waals surface area contributed by atoms with Gasteiger partial charge in [-0.25, -0.2) is 0 Å². The second-order valence-corrected chi connectivity index (χ2v) is 7.55. The zero-order valence-electron chi connectivity index (χ0n) is 15.7. The van der Waals surface area contributed by atoms with Gasteiger partial charge < -0.3 is 10.1 Å². The fraction of sp³-hybridized carbons (Fsp3) is 0.667. The molecule has 0 bridgehead atoms. The number of ether oxygens (including phenoxy) is 1. The van der Waals surface area contributed by atoms with Gasteiger partial charge in [-0.05, 0) is 75.5 Å². The molecule has 2 rings (SSSR count). The molecule has 0 aromatic heterocycles. The van der Waals surface area contributed by atoms with Crippen LogP contribution in [0.4, 0.5) is 0 Å². The molecule has 1 amide bonds. The van der Waals surface area contributed by atoms with Gasteiger partial charge in [0.1, 0.15) is 5.75 Å². The van der Waals surface area contributed by atoms with E-state index in [2.05, 4.69) is 38.2 Å². The Morgan fingerprint density at radius 3 is 2.29 bits per heavy atom. The van der Waals surface area contributed by atoms with E-state index < -0.39 is 0 Å². The minimum atomic E-state index is 0.165. The van der Waals surface area contributed by atoms with Crippen molar-refractivity contribution < 1.29 is 9.53 Å². The molecule has 0 unspecified atom stereocenters. The van der Waals surface area contributed by atoms with Gasteiger partial charge in [-0.15, -0.1) is 0 Å². The van der Waals surface area contributed by atoms with Crippen LogP contribution >= 0.6 is 0 Å². The van der Waals surface area contributed by atoms with Crippen LogP contribution in [0.1, 0.15) is 58.9 Å². The molecule has 1 atom stereocenters. The summed E-state index contributed by atoms with van der Waals surface area (Å²) in [6.07, 6.45) is 5.35. The van der Waals surface area contributed by atoms with Crippen molar-refractivity contribution in [3.05, 3.63) is 29.8 Å². The predicted molar refractivity (Wildman–Crippen MR) is 99.2 cm³/mol. The second kappa shape index (κ2) is 9.10. The quantitative estimate of drug-likeness (QED) is 0.793. The van der Waals surface area contributed by atoms with Crippen LogP contribution in [0.5, 0.6) is 5.75 Å². The van der Waals surface area contributed by atoms with Gasteiger partial charge in [0.05, 0.1) is 6.61 Å². The number of carbonyl (C=O) groups is 1. The number of benzene rings is 1. The zero-order chi connectivity index (χ0) is 17.5. The van der Waals surface area contributed by atoms with Crippen LogP contribution in [0.15, 0.2) is 24.3 Å². The first-order chi connectivity index (χ1) is 11.5. The highest BCUT2D eigenvalue weighted by Gasteiger charge is 2.28. The number of nitrogens with one attached hydrogen (secondary N) is 1. The van der Waals surface area contributed by atoms with Gasteiger partial charge in [0.15, 0.2) is 0 Å². The van der Waals surface area contributed by atoms with Crippen LogP contribution in [0.2, 0.25) is 0 Å². The van der Waals surface area contributed by atoms with Crippen molar-refractivity contribution in [1.29, 1.82) is 0 Å². The second-order valence-electron chi connectivity index (χ2n) is 7.55. The molecule has 1 fully saturated rings. The predicted octanol–water partition coefficient (Wildman–Crippen LogP) is 4.59. The molecule has 0 aliphatic heterocycles. The SMILES string of the molecule is CCOc1ccc(C[C@@H](C)NC(=O)C2CCC(C(C)C)CC2)cc1. The van der Waals surface area contributed by atoms with Crippen molar-refractivity contribution >= 4 is 5.91 Å². The average molecular weight is 332 g/mol. The number of hydrogen-bond donors (Lipinski definition) is 1. The molecule has 1 aromatic carbocycles. The molecule has 0 spiro atoms. The average Bonchev–Trinajstić information content (AvgIpc) is 2.57. The molecule has 3 nitrogen and oxygen atoms in total. The van der Waals surface area contributed by atoms with E-state index in [9.17, 15) is 4.79 Å². The molecule has 1 aliphatic rings. The lowest BCUT2D eigenvalue weighted by atomic mass is 9.76. The standard InChI is InChI=1S/C21H33NO2/c1-5-24-20-12-6-17(7-13-20)14-16(4)22-21(23)19-10-8-18(9-11-19)15(2)3/h6-7,12-13,15-16,18-19H,5,8-11,14H2,1-4H3,(H,22,23)/t16-,18?,19?/m1/s1. The van der Waals surface area contributed by atoms with Crippen molar-refractivity contribution in [1.82, 2.24) is 5.32 Å². The van der Waals surface area contributed by atoms with Crippen LogP contribution in [0.3, 0.4) is 0 Å². The summed E-state index contributed by atoms with van der Waals surface area (Å²) in [7, 11) is 0. The fourth-order valence-electron chi connectivity index (χ4n) is 3.70. The largest absolute Gasteiger partial charge is 0.494 e. The third-order valence-corrected chi connectivity index (χ3v) is 5.25. The number of rotatable bonds is 7. The lowest BCUT2D eigenvalue weighted by molar-refractivity contribution is -0.126. The highest BCUT2D eigenvalue weighted by atomic mass is 16.5. The lowest BCUT2D eigenvalue weighted by Crippen LogP contribution is -2.39. The summed E-state index contributed by atoms with van der Waals surface area (Å²) in [5, 5.41) is 3.21. The Kier molecular flexibility index (Phi) is 7.14. The first-order valence-corrected chi connectivity index (χ1v) is 9.51. The van der Waals surface area contributed by atoms with Gasteiger partial charge in [0, 0.05) is 12.0 Å². The highest BCUT2D eigenvalue weighted by Crippen LogP contribution is 2.33.